The lowest BCUT2D eigenvalue weighted by atomic mass is 9.70. The second-order valence-electron chi connectivity index (χ2n) is 7.56. The highest BCUT2D eigenvalue weighted by Gasteiger charge is 2.40. The largest absolute Gasteiger partial charge is 0.353 e. The fraction of sp³-hybridized carbons (Fsp3) is 0.550. The van der Waals surface area contributed by atoms with Gasteiger partial charge in [-0.15, -0.1) is 11.3 Å². The van der Waals surface area contributed by atoms with E-state index in [0.717, 1.165) is 42.3 Å². The molecule has 1 saturated carbocycles. The van der Waals surface area contributed by atoms with E-state index in [0.29, 0.717) is 23.3 Å². The summed E-state index contributed by atoms with van der Waals surface area (Å²) in [6, 6.07) is 8.11. The first-order chi connectivity index (χ1) is 12.6. The van der Waals surface area contributed by atoms with Crippen LogP contribution in [0.5, 0.6) is 0 Å². The molecular formula is C20H25N3O2S. The predicted octanol–water partition coefficient (Wildman–Crippen LogP) is 3.50. The molecule has 1 saturated heterocycles. The van der Waals surface area contributed by atoms with E-state index >= 15 is 0 Å². The fourth-order valence-corrected chi connectivity index (χ4v) is 5.48. The van der Waals surface area contributed by atoms with Gasteiger partial charge < -0.3 is 10.6 Å². The van der Waals surface area contributed by atoms with Crippen molar-refractivity contribution in [3.63, 3.8) is 0 Å². The highest BCUT2D eigenvalue weighted by atomic mass is 32.1. The maximum absolute atomic E-state index is 12.6. The first-order valence-corrected chi connectivity index (χ1v) is 10.4. The lowest BCUT2D eigenvalue weighted by molar-refractivity contribution is -0.127. The SMILES string of the molecule is CCCC1CC(=O)NC2CC(NC(=O)c3nc4ccccc4s3)CCC12. The van der Waals surface area contributed by atoms with Gasteiger partial charge in [0.1, 0.15) is 0 Å². The Morgan fingerprint density at radius 3 is 3.00 bits per heavy atom. The van der Waals surface area contributed by atoms with Gasteiger partial charge in [-0.3, -0.25) is 9.59 Å². The van der Waals surface area contributed by atoms with Crippen molar-refractivity contribution in [2.45, 2.75) is 57.5 Å². The second-order valence-corrected chi connectivity index (χ2v) is 8.59. The Morgan fingerprint density at radius 1 is 1.35 bits per heavy atom. The maximum atomic E-state index is 12.6. The lowest BCUT2D eigenvalue weighted by Gasteiger charge is -2.44. The van der Waals surface area contributed by atoms with E-state index in [1.807, 2.05) is 24.3 Å². The number of nitrogens with zero attached hydrogens (tertiary/aromatic N) is 1. The summed E-state index contributed by atoms with van der Waals surface area (Å²) in [6.07, 6.45) is 5.79. The van der Waals surface area contributed by atoms with Crippen molar-refractivity contribution in [1.29, 1.82) is 0 Å². The second kappa shape index (κ2) is 7.35. The summed E-state index contributed by atoms with van der Waals surface area (Å²) in [4.78, 5) is 29.1. The van der Waals surface area contributed by atoms with Crippen LogP contribution in [0.4, 0.5) is 0 Å². The Balaban J connectivity index is 1.41. The van der Waals surface area contributed by atoms with E-state index in [1.54, 1.807) is 0 Å². The summed E-state index contributed by atoms with van der Waals surface area (Å²) >= 11 is 1.43. The first kappa shape index (κ1) is 17.5. The normalized spacial score (nSPS) is 28.4. The topological polar surface area (TPSA) is 71.1 Å². The molecule has 1 aliphatic carbocycles. The molecule has 6 heteroatoms. The predicted molar refractivity (Wildman–Crippen MR) is 103 cm³/mol. The molecule has 2 aromatic rings. The van der Waals surface area contributed by atoms with Crippen molar-refractivity contribution in [1.82, 2.24) is 15.6 Å². The molecule has 4 unspecified atom stereocenters. The number of amides is 2. The summed E-state index contributed by atoms with van der Waals surface area (Å²) in [5, 5.41) is 6.83. The number of para-hydroxylation sites is 1. The molecule has 0 spiro atoms. The van der Waals surface area contributed by atoms with E-state index < -0.39 is 0 Å². The number of benzene rings is 1. The Bertz CT molecular complexity index is 785. The molecule has 138 valence electrons. The molecule has 1 aromatic heterocycles. The van der Waals surface area contributed by atoms with Crippen LogP contribution < -0.4 is 10.6 Å². The van der Waals surface area contributed by atoms with Gasteiger partial charge in [0.2, 0.25) is 5.91 Å². The minimum absolute atomic E-state index is 0.0955. The molecule has 26 heavy (non-hydrogen) atoms. The molecule has 2 heterocycles. The quantitative estimate of drug-likeness (QED) is 0.864. The maximum Gasteiger partial charge on any atom is 0.280 e. The molecule has 2 fully saturated rings. The highest BCUT2D eigenvalue weighted by molar-refractivity contribution is 7.20. The van der Waals surface area contributed by atoms with Crippen molar-refractivity contribution < 1.29 is 9.59 Å². The van der Waals surface area contributed by atoms with Gasteiger partial charge >= 0.3 is 0 Å². The summed E-state index contributed by atoms with van der Waals surface area (Å²) in [7, 11) is 0. The van der Waals surface area contributed by atoms with Crippen molar-refractivity contribution in [2.24, 2.45) is 11.8 Å². The van der Waals surface area contributed by atoms with Crippen molar-refractivity contribution in [3.05, 3.63) is 29.3 Å². The number of fused-ring (bicyclic) bond motifs is 2. The smallest absolute Gasteiger partial charge is 0.280 e. The van der Waals surface area contributed by atoms with Gasteiger partial charge in [0, 0.05) is 18.5 Å². The van der Waals surface area contributed by atoms with Gasteiger partial charge in [-0.25, -0.2) is 4.98 Å². The van der Waals surface area contributed by atoms with E-state index in [2.05, 4.69) is 22.5 Å². The zero-order chi connectivity index (χ0) is 18.1. The molecule has 4 atom stereocenters. The van der Waals surface area contributed by atoms with Gasteiger partial charge in [-0.05, 0) is 49.7 Å². The number of rotatable bonds is 4. The summed E-state index contributed by atoms with van der Waals surface area (Å²) in [5.41, 5.74) is 0.869. The molecule has 5 nitrogen and oxygen atoms in total. The minimum Gasteiger partial charge on any atom is -0.353 e. The summed E-state index contributed by atoms with van der Waals surface area (Å²) < 4.78 is 1.03. The molecule has 2 aliphatic rings. The number of nitrogens with one attached hydrogen (secondary N) is 2. The standard InChI is InChI=1S/C20H25N3O2S/c1-2-5-12-10-18(24)22-16-11-13(8-9-14(12)16)21-19(25)20-23-15-6-3-4-7-17(15)26-20/h3-4,6-7,12-14,16H,2,5,8-11H2,1H3,(H,21,25)(H,22,24). The molecule has 0 bridgehead atoms. The third-order valence-electron chi connectivity index (χ3n) is 5.79. The Labute approximate surface area is 157 Å². The van der Waals surface area contributed by atoms with E-state index in [1.165, 1.54) is 11.3 Å². The average Bonchev–Trinajstić information content (AvgIpc) is 3.06. The van der Waals surface area contributed by atoms with Gasteiger partial charge in [0.15, 0.2) is 5.01 Å². The molecule has 1 aromatic carbocycles. The summed E-state index contributed by atoms with van der Waals surface area (Å²) in [6.45, 7) is 2.19. The third-order valence-corrected chi connectivity index (χ3v) is 6.82. The van der Waals surface area contributed by atoms with Crippen LogP contribution in [0.1, 0.15) is 55.3 Å². The number of hydrogen-bond acceptors (Lipinski definition) is 4. The fourth-order valence-electron chi connectivity index (χ4n) is 4.61. The Hall–Kier alpha value is -1.95. The van der Waals surface area contributed by atoms with Crippen molar-refractivity contribution >= 4 is 33.4 Å². The number of carbonyl (C=O) groups is 2. The van der Waals surface area contributed by atoms with Crippen LogP contribution in [-0.4, -0.2) is 28.9 Å². The monoisotopic (exact) mass is 371 g/mol. The van der Waals surface area contributed by atoms with Crippen LogP contribution in [0.15, 0.2) is 24.3 Å². The number of hydrogen-bond donors (Lipinski definition) is 2. The zero-order valence-electron chi connectivity index (χ0n) is 15.0. The molecule has 4 rings (SSSR count). The van der Waals surface area contributed by atoms with Crippen molar-refractivity contribution in [2.75, 3.05) is 0 Å². The minimum atomic E-state index is -0.0955. The van der Waals surface area contributed by atoms with Gasteiger partial charge in [0.25, 0.3) is 5.91 Å². The summed E-state index contributed by atoms with van der Waals surface area (Å²) in [5.74, 6) is 1.13. The van der Waals surface area contributed by atoms with Crippen LogP contribution in [0.3, 0.4) is 0 Å². The van der Waals surface area contributed by atoms with Crippen LogP contribution >= 0.6 is 11.3 Å². The van der Waals surface area contributed by atoms with Crippen molar-refractivity contribution in [3.8, 4) is 0 Å². The lowest BCUT2D eigenvalue weighted by Crippen LogP contribution is -2.55. The van der Waals surface area contributed by atoms with Crippen LogP contribution in [0.2, 0.25) is 0 Å². The Kier molecular flexibility index (Phi) is 4.94. The van der Waals surface area contributed by atoms with Crippen LogP contribution in [0.25, 0.3) is 10.2 Å². The van der Waals surface area contributed by atoms with Crippen LogP contribution in [0, 0.1) is 11.8 Å². The number of aromatic nitrogens is 1. The molecule has 2 amide bonds. The average molecular weight is 372 g/mol. The molecule has 0 radical (unpaired) electrons. The number of piperidine rings is 1. The van der Waals surface area contributed by atoms with Crippen LogP contribution in [-0.2, 0) is 4.79 Å². The zero-order valence-corrected chi connectivity index (χ0v) is 15.8. The van der Waals surface area contributed by atoms with Gasteiger partial charge in [-0.1, -0.05) is 25.5 Å². The Morgan fingerprint density at radius 2 is 2.19 bits per heavy atom. The van der Waals surface area contributed by atoms with Gasteiger partial charge in [-0.2, -0.15) is 0 Å². The number of thiazole rings is 1. The molecule has 2 N–H and O–H groups in total. The van der Waals surface area contributed by atoms with E-state index in [9.17, 15) is 9.59 Å². The number of carbonyl (C=O) groups excluding carboxylic acids is 2. The first-order valence-electron chi connectivity index (χ1n) is 9.60. The van der Waals surface area contributed by atoms with Gasteiger partial charge in [0.05, 0.1) is 10.2 Å². The highest BCUT2D eigenvalue weighted by Crippen LogP contribution is 2.37. The van der Waals surface area contributed by atoms with E-state index in [-0.39, 0.29) is 23.9 Å². The third kappa shape index (κ3) is 3.47. The van der Waals surface area contributed by atoms with E-state index in [4.69, 9.17) is 0 Å². The molecular weight excluding hydrogens is 346 g/mol. The molecule has 1 aliphatic heterocycles.